The third-order valence-corrected chi connectivity index (χ3v) is 5.46. The molecule has 1 heterocycles. The van der Waals surface area contributed by atoms with E-state index in [0.29, 0.717) is 24.5 Å². The van der Waals surface area contributed by atoms with Crippen molar-refractivity contribution in [2.24, 2.45) is 5.92 Å². The molecule has 1 atom stereocenters. The Labute approximate surface area is 194 Å². The SMILES string of the molecule is CC(C)C(=O)N(Cc1ccc(Cl)cc1)[C@@H](Cc1ccccc1)C(=O)NCc1ccncc1. The van der Waals surface area contributed by atoms with Crippen LogP contribution in [0.3, 0.4) is 0 Å². The Kier molecular flexibility index (Phi) is 8.40. The van der Waals surface area contributed by atoms with Crippen molar-refractivity contribution in [3.05, 3.63) is 101 Å². The summed E-state index contributed by atoms with van der Waals surface area (Å²) in [4.78, 5) is 32.3. The highest BCUT2D eigenvalue weighted by molar-refractivity contribution is 6.30. The van der Waals surface area contributed by atoms with Gasteiger partial charge in [-0.15, -0.1) is 0 Å². The van der Waals surface area contributed by atoms with Gasteiger partial charge in [-0.25, -0.2) is 0 Å². The first-order chi connectivity index (χ1) is 15.4. The molecular formula is C26H28ClN3O2. The Balaban J connectivity index is 1.89. The van der Waals surface area contributed by atoms with E-state index in [1.807, 2.05) is 68.4 Å². The molecule has 3 rings (SSSR count). The molecule has 0 spiro atoms. The number of hydrogen-bond acceptors (Lipinski definition) is 3. The number of benzene rings is 2. The van der Waals surface area contributed by atoms with Gasteiger partial charge in [0, 0.05) is 42.8 Å². The highest BCUT2D eigenvalue weighted by Crippen LogP contribution is 2.19. The van der Waals surface area contributed by atoms with Crippen LogP contribution in [-0.4, -0.2) is 27.7 Å². The summed E-state index contributed by atoms with van der Waals surface area (Å²) in [6.07, 6.45) is 3.81. The van der Waals surface area contributed by atoms with Gasteiger partial charge in [0.25, 0.3) is 0 Å². The number of carbonyl (C=O) groups excluding carboxylic acids is 2. The maximum atomic E-state index is 13.4. The third-order valence-electron chi connectivity index (χ3n) is 5.21. The lowest BCUT2D eigenvalue weighted by Crippen LogP contribution is -2.51. The van der Waals surface area contributed by atoms with E-state index >= 15 is 0 Å². The Hall–Kier alpha value is -3.18. The fraction of sp³-hybridized carbons (Fsp3) is 0.269. The van der Waals surface area contributed by atoms with E-state index in [0.717, 1.165) is 16.7 Å². The zero-order valence-corrected chi connectivity index (χ0v) is 19.1. The zero-order valence-electron chi connectivity index (χ0n) is 18.4. The number of halogens is 1. The molecule has 0 aliphatic carbocycles. The van der Waals surface area contributed by atoms with Crippen LogP contribution in [0.5, 0.6) is 0 Å². The van der Waals surface area contributed by atoms with Gasteiger partial charge in [-0.05, 0) is 41.0 Å². The number of aromatic nitrogens is 1. The first-order valence-corrected chi connectivity index (χ1v) is 11.1. The van der Waals surface area contributed by atoms with Gasteiger partial charge in [0.05, 0.1) is 0 Å². The molecule has 32 heavy (non-hydrogen) atoms. The van der Waals surface area contributed by atoms with Crippen LogP contribution >= 0.6 is 11.6 Å². The topological polar surface area (TPSA) is 62.3 Å². The molecule has 0 saturated heterocycles. The number of amides is 2. The van der Waals surface area contributed by atoms with E-state index in [1.165, 1.54) is 0 Å². The molecule has 0 saturated carbocycles. The summed E-state index contributed by atoms with van der Waals surface area (Å²) in [5, 5.41) is 3.64. The second-order valence-electron chi connectivity index (χ2n) is 8.03. The van der Waals surface area contributed by atoms with Crippen LogP contribution in [-0.2, 0) is 29.1 Å². The van der Waals surface area contributed by atoms with E-state index in [2.05, 4.69) is 10.3 Å². The molecule has 0 unspecified atom stereocenters. The summed E-state index contributed by atoms with van der Waals surface area (Å²) in [5.41, 5.74) is 2.86. The van der Waals surface area contributed by atoms with Crippen molar-refractivity contribution < 1.29 is 9.59 Å². The Morgan fingerprint density at radius 3 is 2.19 bits per heavy atom. The van der Waals surface area contributed by atoms with Crippen LogP contribution in [0, 0.1) is 5.92 Å². The number of pyridine rings is 1. The van der Waals surface area contributed by atoms with Crippen LogP contribution in [0.25, 0.3) is 0 Å². The second kappa shape index (κ2) is 11.4. The molecule has 1 N–H and O–H groups in total. The molecular weight excluding hydrogens is 422 g/mol. The summed E-state index contributed by atoms with van der Waals surface area (Å²) >= 11 is 6.03. The Morgan fingerprint density at radius 1 is 0.906 bits per heavy atom. The predicted octanol–water partition coefficient (Wildman–Crippen LogP) is 4.65. The fourth-order valence-electron chi connectivity index (χ4n) is 3.45. The molecule has 0 bridgehead atoms. The Bertz CT molecular complexity index is 1010. The van der Waals surface area contributed by atoms with E-state index in [1.54, 1.807) is 29.4 Å². The molecule has 2 aromatic carbocycles. The van der Waals surface area contributed by atoms with Gasteiger partial charge in [-0.3, -0.25) is 14.6 Å². The molecule has 0 aliphatic heterocycles. The monoisotopic (exact) mass is 449 g/mol. The average molecular weight is 450 g/mol. The lowest BCUT2D eigenvalue weighted by Gasteiger charge is -2.33. The van der Waals surface area contributed by atoms with Crippen molar-refractivity contribution >= 4 is 23.4 Å². The van der Waals surface area contributed by atoms with Crippen molar-refractivity contribution in [3.63, 3.8) is 0 Å². The number of hydrogen-bond donors (Lipinski definition) is 1. The van der Waals surface area contributed by atoms with Crippen molar-refractivity contribution in [1.29, 1.82) is 0 Å². The quantitative estimate of drug-likeness (QED) is 0.517. The standard InChI is InChI=1S/C26H28ClN3O2/c1-19(2)26(32)30(18-22-8-10-23(27)11-9-22)24(16-20-6-4-3-5-7-20)25(31)29-17-21-12-14-28-15-13-21/h3-15,19,24H,16-18H2,1-2H3,(H,29,31)/t24-/m0/s1. The molecule has 1 aromatic heterocycles. The van der Waals surface area contributed by atoms with Crippen LogP contribution in [0.15, 0.2) is 79.1 Å². The summed E-state index contributed by atoms with van der Waals surface area (Å²) < 4.78 is 0. The maximum Gasteiger partial charge on any atom is 0.243 e. The largest absolute Gasteiger partial charge is 0.350 e. The van der Waals surface area contributed by atoms with Gasteiger partial charge >= 0.3 is 0 Å². The fourth-order valence-corrected chi connectivity index (χ4v) is 3.58. The lowest BCUT2D eigenvalue weighted by molar-refractivity contribution is -0.143. The smallest absolute Gasteiger partial charge is 0.243 e. The van der Waals surface area contributed by atoms with E-state index < -0.39 is 6.04 Å². The van der Waals surface area contributed by atoms with Gasteiger partial charge in [0.15, 0.2) is 0 Å². The first-order valence-electron chi connectivity index (χ1n) is 10.7. The van der Waals surface area contributed by atoms with Crippen molar-refractivity contribution in [1.82, 2.24) is 15.2 Å². The average Bonchev–Trinajstić information content (AvgIpc) is 2.81. The van der Waals surface area contributed by atoms with E-state index in [9.17, 15) is 9.59 Å². The molecule has 0 radical (unpaired) electrons. The molecule has 6 heteroatoms. The summed E-state index contributed by atoms with van der Waals surface area (Å²) in [6, 6.07) is 20.2. The minimum atomic E-state index is -0.648. The van der Waals surface area contributed by atoms with Crippen LogP contribution in [0.1, 0.15) is 30.5 Å². The number of nitrogens with one attached hydrogen (secondary N) is 1. The van der Waals surface area contributed by atoms with Crippen molar-refractivity contribution in [2.75, 3.05) is 0 Å². The minimum absolute atomic E-state index is 0.0695. The van der Waals surface area contributed by atoms with Crippen LogP contribution in [0.4, 0.5) is 0 Å². The van der Waals surface area contributed by atoms with Gasteiger partial charge < -0.3 is 10.2 Å². The highest BCUT2D eigenvalue weighted by Gasteiger charge is 2.31. The van der Waals surface area contributed by atoms with Gasteiger partial charge in [-0.1, -0.05) is 67.9 Å². The lowest BCUT2D eigenvalue weighted by atomic mass is 10.0. The predicted molar refractivity (Wildman–Crippen MR) is 127 cm³/mol. The zero-order chi connectivity index (χ0) is 22.9. The summed E-state index contributed by atoms with van der Waals surface area (Å²) in [5.74, 6) is -0.498. The summed E-state index contributed by atoms with van der Waals surface area (Å²) in [7, 11) is 0. The minimum Gasteiger partial charge on any atom is -0.350 e. The van der Waals surface area contributed by atoms with Gasteiger partial charge in [0.1, 0.15) is 6.04 Å². The molecule has 166 valence electrons. The van der Waals surface area contributed by atoms with E-state index in [4.69, 9.17) is 11.6 Å². The summed E-state index contributed by atoms with van der Waals surface area (Å²) in [6.45, 7) is 4.41. The number of rotatable bonds is 9. The number of nitrogens with zero attached hydrogens (tertiary/aromatic N) is 2. The molecule has 2 amide bonds. The molecule has 3 aromatic rings. The van der Waals surface area contributed by atoms with Gasteiger partial charge in [-0.2, -0.15) is 0 Å². The molecule has 0 aliphatic rings. The number of carbonyl (C=O) groups is 2. The molecule has 0 fully saturated rings. The van der Waals surface area contributed by atoms with E-state index in [-0.39, 0.29) is 17.7 Å². The first kappa shape index (κ1) is 23.5. The van der Waals surface area contributed by atoms with Gasteiger partial charge in [0.2, 0.25) is 11.8 Å². The van der Waals surface area contributed by atoms with Crippen molar-refractivity contribution in [2.45, 2.75) is 39.4 Å². The normalized spacial score (nSPS) is 11.8. The maximum absolute atomic E-state index is 13.4. The molecule has 5 nitrogen and oxygen atoms in total. The Morgan fingerprint density at radius 2 is 1.56 bits per heavy atom. The third kappa shape index (κ3) is 6.66. The van der Waals surface area contributed by atoms with Crippen LogP contribution < -0.4 is 5.32 Å². The highest BCUT2D eigenvalue weighted by atomic mass is 35.5. The van der Waals surface area contributed by atoms with Crippen molar-refractivity contribution in [3.8, 4) is 0 Å². The second-order valence-corrected chi connectivity index (χ2v) is 8.46. The van der Waals surface area contributed by atoms with Crippen LogP contribution in [0.2, 0.25) is 5.02 Å².